The lowest BCUT2D eigenvalue weighted by Crippen LogP contribution is -1.90. The number of pyridine rings is 1. The van der Waals surface area contributed by atoms with E-state index in [-0.39, 0.29) is 0 Å². The molecule has 2 nitrogen and oxygen atoms in total. The van der Waals surface area contributed by atoms with Gasteiger partial charge in [0.15, 0.2) is 0 Å². The van der Waals surface area contributed by atoms with Crippen molar-refractivity contribution in [3.05, 3.63) is 73.1 Å². The Hall–Kier alpha value is -2.87. The zero-order valence-electron chi connectivity index (χ0n) is 11.3. The quantitative estimate of drug-likeness (QED) is 0.369. The van der Waals surface area contributed by atoms with Crippen LogP contribution in [0.4, 0.5) is 0 Å². The number of aromatic nitrogens is 2. The lowest BCUT2D eigenvalue weighted by molar-refractivity contribution is 1.27. The third kappa shape index (κ3) is 1.34. The molecule has 0 saturated carbocycles. The first-order chi connectivity index (χ1) is 10.4. The van der Waals surface area contributed by atoms with E-state index in [0.29, 0.717) is 0 Å². The fourth-order valence-corrected chi connectivity index (χ4v) is 3.34. The van der Waals surface area contributed by atoms with Crippen LogP contribution in [0.25, 0.3) is 38.1 Å². The summed E-state index contributed by atoms with van der Waals surface area (Å²) in [5.41, 5.74) is 2.23. The Morgan fingerprint density at radius 3 is 2.48 bits per heavy atom. The number of imidazole rings is 1. The van der Waals surface area contributed by atoms with Crippen molar-refractivity contribution in [1.82, 2.24) is 9.38 Å². The summed E-state index contributed by atoms with van der Waals surface area (Å²) >= 11 is 0. The molecule has 0 bridgehead atoms. The second-order valence-electron chi connectivity index (χ2n) is 5.35. The molecule has 21 heavy (non-hydrogen) atoms. The van der Waals surface area contributed by atoms with E-state index >= 15 is 0 Å². The molecule has 0 saturated heterocycles. The van der Waals surface area contributed by atoms with Gasteiger partial charge in [-0.25, -0.2) is 4.98 Å². The van der Waals surface area contributed by atoms with Crippen molar-refractivity contribution in [1.29, 1.82) is 0 Å². The molecule has 2 aromatic heterocycles. The van der Waals surface area contributed by atoms with Crippen molar-refractivity contribution in [3.8, 4) is 0 Å². The number of fused-ring (bicyclic) bond motifs is 8. The molecule has 0 fully saturated rings. The topological polar surface area (TPSA) is 17.3 Å². The van der Waals surface area contributed by atoms with Gasteiger partial charge in [0.05, 0.1) is 5.52 Å². The van der Waals surface area contributed by atoms with Crippen LogP contribution in [-0.2, 0) is 0 Å². The minimum atomic E-state index is 1.02. The predicted molar refractivity (Wildman–Crippen MR) is 87.7 cm³/mol. The van der Waals surface area contributed by atoms with Crippen LogP contribution in [0.15, 0.2) is 73.1 Å². The van der Waals surface area contributed by atoms with E-state index in [1.807, 2.05) is 12.4 Å². The summed E-state index contributed by atoms with van der Waals surface area (Å²) < 4.78 is 2.17. The van der Waals surface area contributed by atoms with Crippen LogP contribution in [0.2, 0.25) is 0 Å². The van der Waals surface area contributed by atoms with E-state index in [2.05, 4.69) is 70.0 Å². The predicted octanol–water partition coefficient (Wildman–Crippen LogP) is 4.79. The number of rotatable bonds is 0. The van der Waals surface area contributed by atoms with Crippen molar-refractivity contribution < 1.29 is 0 Å². The molecule has 0 aliphatic rings. The minimum absolute atomic E-state index is 1.02. The maximum Gasteiger partial charge on any atom is 0.145 e. The maximum atomic E-state index is 4.57. The first-order valence-electron chi connectivity index (χ1n) is 7.09. The SMILES string of the molecule is c1ccc2c(c1)ccc1c2c2ccccc2n2ccnc12. The molecule has 0 amide bonds. The monoisotopic (exact) mass is 268 g/mol. The van der Waals surface area contributed by atoms with Gasteiger partial charge in [-0.1, -0.05) is 48.5 Å². The van der Waals surface area contributed by atoms with Crippen molar-refractivity contribution in [2.24, 2.45) is 0 Å². The molecule has 0 atom stereocenters. The Kier molecular flexibility index (Phi) is 1.98. The van der Waals surface area contributed by atoms with Gasteiger partial charge in [0.1, 0.15) is 5.65 Å². The van der Waals surface area contributed by atoms with E-state index in [4.69, 9.17) is 0 Å². The molecular formula is C19H12N2. The summed E-state index contributed by atoms with van der Waals surface area (Å²) in [7, 11) is 0. The van der Waals surface area contributed by atoms with E-state index in [1.165, 1.54) is 32.4 Å². The molecule has 0 aliphatic heterocycles. The lowest BCUT2D eigenvalue weighted by atomic mass is 9.99. The maximum absolute atomic E-state index is 4.57. The van der Waals surface area contributed by atoms with Gasteiger partial charge in [-0.2, -0.15) is 0 Å². The lowest BCUT2D eigenvalue weighted by Gasteiger charge is -2.10. The van der Waals surface area contributed by atoms with Crippen LogP contribution < -0.4 is 0 Å². The summed E-state index contributed by atoms with van der Waals surface area (Å²) in [5, 5.41) is 6.33. The molecule has 3 aromatic carbocycles. The van der Waals surface area contributed by atoms with Crippen molar-refractivity contribution >= 4 is 38.1 Å². The number of hydrogen-bond donors (Lipinski definition) is 0. The fourth-order valence-electron chi connectivity index (χ4n) is 3.34. The highest BCUT2D eigenvalue weighted by atomic mass is 15.0. The molecule has 2 heterocycles. The Morgan fingerprint density at radius 1 is 0.714 bits per heavy atom. The highest BCUT2D eigenvalue weighted by Crippen LogP contribution is 2.34. The second kappa shape index (κ2) is 3.83. The number of hydrogen-bond acceptors (Lipinski definition) is 1. The van der Waals surface area contributed by atoms with Gasteiger partial charge in [-0.3, -0.25) is 4.40 Å². The first kappa shape index (κ1) is 10.9. The van der Waals surface area contributed by atoms with Gasteiger partial charge in [0.2, 0.25) is 0 Å². The zero-order chi connectivity index (χ0) is 13.8. The van der Waals surface area contributed by atoms with E-state index in [0.717, 1.165) is 5.65 Å². The summed E-state index contributed by atoms with van der Waals surface area (Å²) in [4.78, 5) is 4.57. The normalized spacial score (nSPS) is 11.8. The van der Waals surface area contributed by atoms with Crippen LogP contribution in [0, 0.1) is 0 Å². The van der Waals surface area contributed by atoms with Crippen LogP contribution in [-0.4, -0.2) is 9.38 Å². The van der Waals surface area contributed by atoms with Crippen molar-refractivity contribution in [3.63, 3.8) is 0 Å². The average molecular weight is 268 g/mol. The minimum Gasteiger partial charge on any atom is -0.299 e. The zero-order valence-corrected chi connectivity index (χ0v) is 11.3. The van der Waals surface area contributed by atoms with E-state index in [9.17, 15) is 0 Å². The molecule has 0 unspecified atom stereocenters. The molecule has 2 heteroatoms. The molecule has 0 aliphatic carbocycles. The average Bonchev–Trinajstić information content (AvgIpc) is 3.04. The van der Waals surface area contributed by atoms with Gasteiger partial charge in [-0.05, 0) is 22.9 Å². The highest BCUT2D eigenvalue weighted by Gasteiger charge is 2.11. The Bertz CT molecular complexity index is 1140. The highest BCUT2D eigenvalue weighted by molar-refractivity contribution is 6.22. The summed E-state index contributed by atoms with van der Waals surface area (Å²) in [6.45, 7) is 0. The molecular weight excluding hydrogens is 256 g/mol. The Labute approximate surface area is 121 Å². The number of nitrogens with zero attached hydrogens (tertiary/aromatic N) is 2. The van der Waals surface area contributed by atoms with Gasteiger partial charge in [0.25, 0.3) is 0 Å². The molecule has 0 N–H and O–H groups in total. The van der Waals surface area contributed by atoms with Gasteiger partial charge in [-0.15, -0.1) is 0 Å². The van der Waals surface area contributed by atoms with Crippen molar-refractivity contribution in [2.45, 2.75) is 0 Å². The molecule has 0 radical (unpaired) electrons. The smallest absolute Gasteiger partial charge is 0.145 e. The van der Waals surface area contributed by atoms with E-state index < -0.39 is 0 Å². The summed E-state index contributed by atoms with van der Waals surface area (Å²) in [6, 6.07) is 21.5. The molecule has 98 valence electrons. The van der Waals surface area contributed by atoms with Gasteiger partial charge < -0.3 is 0 Å². The Balaban J connectivity index is 2.25. The molecule has 5 aromatic rings. The molecule has 5 rings (SSSR count). The third-order valence-electron chi connectivity index (χ3n) is 4.24. The second-order valence-corrected chi connectivity index (χ2v) is 5.35. The largest absolute Gasteiger partial charge is 0.299 e. The summed E-state index contributed by atoms with van der Waals surface area (Å²) in [5.74, 6) is 0. The first-order valence-corrected chi connectivity index (χ1v) is 7.09. The van der Waals surface area contributed by atoms with E-state index in [1.54, 1.807) is 0 Å². The van der Waals surface area contributed by atoms with Crippen LogP contribution >= 0.6 is 0 Å². The van der Waals surface area contributed by atoms with Crippen molar-refractivity contribution in [2.75, 3.05) is 0 Å². The summed E-state index contributed by atoms with van der Waals surface area (Å²) in [6.07, 6.45) is 3.91. The standard InChI is InChI=1S/C19H12N2/c1-2-6-14-13(5-1)9-10-16-18(14)15-7-3-4-8-17(15)21-12-11-20-19(16)21/h1-12H. The Morgan fingerprint density at radius 2 is 1.52 bits per heavy atom. The fraction of sp³-hybridized carbons (Fsp3) is 0. The van der Waals surface area contributed by atoms with Gasteiger partial charge >= 0.3 is 0 Å². The third-order valence-corrected chi connectivity index (χ3v) is 4.24. The number of para-hydroxylation sites is 1. The number of benzene rings is 3. The van der Waals surface area contributed by atoms with Crippen LogP contribution in [0.3, 0.4) is 0 Å². The van der Waals surface area contributed by atoms with Gasteiger partial charge in [0, 0.05) is 28.6 Å². The van der Waals surface area contributed by atoms with Crippen LogP contribution in [0.1, 0.15) is 0 Å². The molecule has 0 spiro atoms. The van der Waals surface area contributed by atoms with Crippen LogP contribution in [0.5, 0.6) is 0 Å².